The van der Waals surface area contributed by atoms with Crippen molar-refractivity contribution < 1.29 is 9.90 Å². The number of nitrogens with zero attached hydrogens (tertiary/aromatic N) is 2. The second-order valence-electron chi connectivity index (χ2n) is 3.47. The van der Waals surface area contributed by atoms with Crippen molar-refractivity contribution in [1.29, 1.82) is 0 Å². The van der Waals surface area contributed by atoms with Crippen LogP contribution in [0.2, 0.25) is 0 Å². The fraction of sp³-hybridized carbons (Fsp3) is 0.200. The molecule has 1 aromatic carbocycles. The number of carboxylic acid groups (broad SMARTS) is 1. The van der Waals surface area contributed by atoms with E-state index in [-0.39, 0.29) is 11.3 Å². The van der Waals surface area contributed by atoms with Crippen LogP contribution in [0.3, 0.4) is 0 Å². The monoisotopic (exact) mass is 205 g/mol. The number of nitrogen functional groups attached to an aromatic ring is 1. The van der Waals surface area contributed by atoms with Crippen LogP contribution in [0.4, 0.5) is 5.69 Å². The van der Waals surface area contributed by atoms with Crippen LogP contribution in [-0.4, -0.2) is 20.9 Å². The van der Waals surface area contributed by atoms with E-state index in [2.05, 4.69) is 5.10 Å². The molecule has 0 unspecified atom stereocenters. The SMILES string of the molecule is Cc1nn(C)c2cc(C(=O)O)c(N)cc12. The molecule has 2 rings (SSSR count). The van der Waals surface area contributed by atoms with Gasteiger partial charge in [-0.3, -0.25) is 4.68 Å². The summed E-state index contributed by atoms with van der Waals surface area (Å²) in [6, 6.07) is 3.20. The topological polar surface area (TPSA) is 81.1 Å². The summed E-state index contributed by atoms with van der Waals surface area (Å²) in [6.07, 6.45) is 0. The second kappa shape index (κ2) is 2.98. The normalized spacial score (nSPS) is 10.8. The molecule has 0 aliphatic rings. The molecule has 0 amide bonds. The highest BCUT2D eigenvalue weighted by Gasteiger charge is 2.13. The van der Waals surface area contributed by atoms with E-state index in [1.54, 1.807) is 23.9 Å². The molecule has 5 heteroatoms. The summed E-state index contributed by atoms with van der Waals surface area (Å²) in [5, 5.41) is 14.0. The van der Waals surface area contributed by atoms with Gasteiger partial charge in [-0.1, -0.05) is 0 Å². The van der Waals surface area contributed by atoms with E-state index >= 15 is 0 Å². The number of rotatable bonds is 1. The number of anilines is 1. The summed E-state index contributed by atoms with van der Waals surface area (Å²) in [4.78, 5) is 10.9. The van der Waals surface area contributed by atoms with Crippen molar-refractivity contribution in [3.8, 4) is 0 Å². The van der Waals surface area contributed by atoms with Gasteiger partial charge in [-0.2, -0.15) is 5.10 Å². The summed E-state index contributed by atoms with van der Waals surface area (Å²) in [5.41, 5.74) is 7.65. The number of hydrogen-bond donors (Lipinski definition) is 2. The Morgan fingerprint density at radius 2 is 2.20 bits per heavy atom. The highest BCUT2D eigenvalue weighted by Crippen LogP contribution is 2.23. The van der Waals surface area contributed by atoms with Crippen molar-refractivity contribution in [3.05, 3.63) is 23.4 Å². The molecule has 0 aliphatic carbocycles. The van der Waals surface area contributed by atoms with Crippen molar-refractivity contribution in [3.63, 3.8) is 0 Å². The Morgan fingerprint density at radius 3 is 2.80 bits per heavy atom. The highest BCUT2D eigenvalue weighted by atomic mass is 16.4. The molecule has 0 saturated carbocycles. The molecule has 0 spiro atoms. The van der Waals surface area contributed by atoms with Gasteiger partial charge in [0.15, 0.2) is 0 Å². The third-order valence-electron chi connectivity index (χ3n) is 2.44. The van der Waals surface area contributed by atoms with Gasteiger partial charge in [-0.15, -0.1) is 0 Å². The van der Waals surface area contributed by atoms with Crippen molar-refractivity contribution >= 4 is 22.6 Å². The molecule has 0 atom stereocenters. The number of nitrogens with two attached hydrogens (primary N) is 1. The van der Waals surface area contributed by atoms with Crippen molar-refractivity contribution in [2.75, 3.05) is 5.73 Å². The van der Waals surface area contributed by atoms with Gasteiger partial charge in [0.2, 0.25) is 0 Å². The number of fused-ring (bicyclic) bond motifs is 1. The van der Waals surface area contributed by atoms with E-state index in [0.29, 0.717) is 0 Å². The maximum absolute atomic E-state index is 10.9. The number of hydrogen-bond acceptors (Lipinski definition) is 3. The molecule has 78 valence electrons. The average Bonchev–Trinajstić information content (AvgIpc) is 2.41. The predicted octanol–water partition coefficient (Wildman–Crippen LogP) is 1.16. The zero-order chi connectivity index (χ0) is 11.2. The van der Waals surface area contributed by atoms with Crippen LogP contribution in [0, 0.1) is 6.92 Å². The fourth-order valence-corrected chi connectivity index (χ4v) is 1.68. The molecular formula is C10H11N3O2. The predicted molar refractivity (Wildman–Crippen MR) is 56.8 cm³/mol. The first-order valence-electron chi connectivity index (χ1n) is 4.47. The number of aryl methyl sites for hydroxylation is 2. The van der Waals surface area contributed by atoms with Gasteiger partial charge in [0, 0.05) is 18.1 Å². The maximum atomic E-state index is 10.9. The minimum atomic E-state index is -1.02. The Hall–Kier alpha value is -2.04. The molecular weight excluding hydrogens is 194 g/mol. The van der Waals surface area contributed by atoms with E-state index in [4.69, 9.17) is 10.8 Å². The van der Waals surface area contributed by atoms with Crippen molar-refractivity contribution in [2.24, 2.45) is 7.05 Å². The summed E-state index contributed by atoms with van der Waals surface area (Å²) in [5.74, 6) is -1.02. The van der Waals surface area contributed by atoms with Crippen LogP contribution < -0.4 is 5.73 Å². The van der Waals surface area contributed by atoms with E-state index < -0.39 is 5.97 Å². The molecule has 15 heavy (non-hydrogen) atoms. The van der Waals surface area contributed by atoms with E-state index in [1.807, 2.05) is 6.92 Å². The first kappa shape index (κ1) is 9.51. The Bertz CT molecular complexity index is 557. The minimum absolute atomic E-state index is 0.116. The zero-order valence-electron chi connectivity index (χ0n) is 8.48. The number of aromatic nitrogens is 2. The summed E-state index contributed by atoms with van der Waals surface area (Å²) in [6.45, 7) is 1.86. The number of carboxylic acids is 1. The molecule has 3 N–H and O–H groups in total. The molecule has 1 aromatic heterocycles. The molecule has 0 fully saturated rings. The first-order chi connectivity index (χ1) is 7.00. The zero-order valence-corrected chi connectivity index (χ0v) is 8.48. The number of benzene rings is 1. The maximum Gasteiger partial charge on any atom is 0.337 e. The molecule has 1 heterocycles. The standard InChI is InChI=1S/C10H11N3O2/c1-5-6-3-8(11)7(10(14)15)4-9(6)13(2)12-5/h3-4H,11H2,1-2H3,(H,14,15). The molecule has 0 radical (unpaired) electrons. The lowest BCUT2D eigenvalue weighted by Gasteiger charge is -2.01. The van der Waals surface area contributed by atoms with Crippen LogP contribution in [0.25, 0.3) is 10.9 Å². The van der Waals surface area contributed by atoms with E-state index in [1.165, 1.54) is 0 Å². The number of aromatic carboxylic acids is 1. The van der Waals surface area contributed by atoms with Crippen LogP contribution in [0.15, 0.2) is 12.1 Å². The van der Waals surface area contributed by atoms with Crippen LogP contribution in [0.1, 0.15) is 16.1 Å². The van der Waals surface area contributed by atoms with E-state index in [9.17, 15) is 4.79 Å². The van der Waals surface area contributed by atoms with Gasteiger partial charge < -0.3 is 10.8 Å². The Balaban J connectivity index is 2.85. The van der Waals surface area contributed by atoms with Crippen LogP contribution >= 0.6 is 0 Å². The molecule has 0 bridgehead atoms. The Kier molecular flexibility index (Phi) is 1.89. The third-order valence-corrected chi connectivity index (χ3v) is 2.44. The lowest BCUT2D eigenvalue weighted by Crippen LogP contribution is -2.02. The minimum Gasteiger partial charge on any atom is -0.478 e. The summed E-state index contributed by atoms with van der Waals surface area (Å²) < 4.78 is 1.65. The lowest BCUT2D eigenvalue weighted by atomic mass is 10.1. The van der Waals surface area contributed by atoms with Gasteiger partial charge in [0.25, 0.3) is 0 Å². The van der Waals surface area contributed by atoms with Gasteiger partial charge >= 0.3 is 5.97 Å². The van der Waals surface area contributed by atoms with Gasteiger partial charge in [0.1, 0.15) is 0 Å². The molecule has 0 aliphatic heterocycles. The average molecular weight is 205 g/mol. The van der Waals surface area contributed by atoms with E-state index in [0.717, 1.165) is 16.6 Å². The van der Waals surface area contributed by atoms with Crippen molar-refractivity contribution in [1.82, 2.24) is 9.78 Å². The lowest BCUT2D eigenvalue weighted by molar-refractivity contribution is 0.0698. The quantitative estimate of drug-likeness (QED) is 0.684. The second-order valence-corrected chi connectivity index (χ2v) is 3.47. The Labute approximate surface area is 86.1 Å². The fourth-order valence-electron chi connectivity index (χ4n) is 1.68. The largest absolute Gasteiger partial charge is 0.478 e. The smallest absolute Gasteiger partial charge is 0.337 e. The molecule has 5 nitrogen and oxygen atoms in total. The van der Waals surface area contributed by atoms with Crippen molar-refractivity contribution in [2.45, 2.75) is 6.92 Å². The van der Waals surface area contributed by atoms with Gasteiger partial charge in [0.05, 0.1) is 16.8 Å². The summed E-state index contributed by atoms with van der Waals surface area (Å²) in [7, 11) is 1.77. The highest BCUT2D eigenvalue weighted by molar-refractivity contribution is 5.99. The molecule has 0 saturated heterocycles. The first-order valence-corrected chi connectivity index (χ1v) is 4.47. The summed E-state index contributed by atoms with van der Waals surface area (Å²) >= 11 is 0. The van der Waals surface area contributed by atoms with Gasteiger partial charge in [-0.25, -0.2) is 4.79 Å². The molecule has 2 aromatic rings. The Morgan fingerprint density at radius 1 is 1.53 bits per heavy atom. The van der Waals surface area contributed by atoms with Crippen LogP contribution in [-0.2, 0) is 7.05 Å². The van der Waals surface area contributed by atoms with Gasteiger partial charge in [-0.05, 0) is 19.1 Å². The van der Waals surface area contributed by atoms with Crippen LogP contribution in [0.5, 0.6) is 0 Å². The third kappa shape index (κ3) is 1.32. The number of carbonyl (C=O) groups is 1.